The van der Waals surface area contributed by atoms with Gasteiger partial charge in [-0.25, -0.2) is 4.79 Å². The third kappa shape index (κ3) is 2.75. The lowest BCUT2D eigenvalue weighted by atomic mass is 10.2. The molecule has 1 amide bonds. The minimum atomic E-state index is -0.967. The SMILES string of the molecule is O=C(O)C1CSCN1C(=O)c1cc(Cl)ccc1I. The van der Waals surface area contributed by atoms with Crippen molar-refractivity contribution >= 4 is 57.8 Å². The van der Waals surface area contributed by atoms with E-state index in [0.717, 1.165) is 3.57 Å². The molecular formula is C11H9ClINO3S. The van der Waals surface area contributed by atoms with Crippen LogP contribution >= 0.6 is 46.0 Å². The summed E-state index contributed by atoms with van der Waals surface area (Å²) in [7, 11) is 0. The topological polar surface area (TPSA) is 57.6 Å². The van der Waals surface area contributed by atoms with Gasteiger partial charge in [0.1, 0.15) is 6.04 Å². The first-order valence-corrected chi connectivity index (χ1v) is 7.68. The van der Waals surface area contributed by atoms with Crippen LogP contribution in [0.15, 0.2) is 18.2 Å². The fourth-order valence-corrected chi connectivity index (χ4v) is 3.55. The highest BCUT2D eigenvalue weighted by atomic mass is 127. The monoisotopic (exact) mass is 397 g/mol. The number of aliphatic carboxylic acids is 1. The zero-order valence-electron chi connectivity index (χ0n) is 9.10. The standard InChI is InChI=1S/C11H9ClINO3S/c12-6-1-2-8(13)7(3-6)10(15)14-5-18-4-9(14)11(16)17/h1-3,9H,4-5H2,(H,16,17). The number of carbonyl (C=O) groups excluding carboxylic acids is 1. The van der Waals surface area contributed by atoms with Crippen LogP contribution in [-0.2, 0) is 4.79 Å². The molecule has 1 aromatic carbocycles. The fraction of sp³-hybridized carbons (Fsp3) is 0.273. The van der Waals surface area contributed by atoms with Crippen LogP contribution in [0, 0.1) is 3.57 Å². The quantitative estimate of drug-likeness (QED) is 0.779. The zero-order chi connectivity index (χ0) is 13.3. The Balaban J connectivity index is 2.31. The van der Waals surface area contributed by atoms with Crippen LogP contribution in [0.1, 0.15) is 10.4 Å². The summed E-state index contributed by atoms with van der Waals surface area (Å²) in [5.41, 5.74) is 0.455. The molecule has 1 aromatic rings. The van der Waals surface area contributed by atoms with Crippen molar-refractivity contribution in [3.8, 4) is 0 Å². The van der Waals surface area contributed by atoms with E-state index in [9.17, 15) is 9.59 Å². The van der Waals surface area contributed by atoms with Crippen molar-refractivity contribution < 1.29 is 14.7 Å². The van der Waals surface area contributed by atoms with Crippen LogP contribution < -0.4 is 0 Å². The molecule has 4 nitrogen and oxygen atoms in total. The molecule has 0 aliphatic carbocycles. The highest BCUT2D eigenvalue weighted by Gasteiger charge is 2.35. The maximum Gasteiger partial charge on any atom is 0.327 e. The summed E-state index contributed by atoms with van der Waals surface area (Å²) in [6.45, 7) is 0. The number of hydrogen-bond donors (Lipinski definition) is 1. The number of carboxylic acids is 1. The molecule has 0 bridgehead atoms. The van der Waals surface area contributed by atoms with Gasteiger partial charge < -0.3 is 10.0 Å². The molecule has 96 valence electrons. The minimum absolute atomic E-state index is 0.278. The smallest absolute Gasteiger partial charge is 0.327 e. The summed E-state index contributed by atoms with van der Waals surface area (Å²) < 4.78 is 0.767. The predicted octanol–water partition coefficient (Wildman–Crippen LogP) is 2.54. The number of rotatable bonds is 2. The van der Waals surface area contributed by atoms with E-state index in [-0.39, 0.29) is 5.91 Å². The summed E-state index contributed by atoms with van der Waals surface area (Å²) in [6.07, 6.45) is 0. The summed E-state index contributed by atoms with van der Waals surface area (Å²) in [5, 5.41) is 9.54. The Morgan fingerprint density at radius 2 is 2.22 bits per heavy atom. The highest BCUT2D eigenvalue weighted by molar-refractivity contribution is 14.1. The van der Waals surface area contributed by atoms with Crippen LogP contribution in [0.4, 0.5) is 0 Å². The molecule has 0 saturated carbocycles. The van der Waals surface area contributed by atoms with Crippen LogP contribution in [0.5, 0.6) is 0 Å². The lowest BCUT2D eigenvalue weighted by Crippen LogP contribution is -2.42. The molecule has 18 heavy (non-hydrogen) atoms. The van der Waals surface area contributed by atoms with Gasteiger partial charge in [-0.3, -0.25) is 4.79 Å². The van der Waals surface area contributed by atoms with E-state index in [1.807, 2.05) is 22.6 Å². The summed E-state index contributed by atoms with van der Waals surface area (Å²) in [5.74, 6) is -0.416. The molecule has 2 rings (SSSR count). The number of benzene rings is 1. The van der Waals surface area contributed by atoms with Gasteiger partial charge in [0.25, 0.3) is 5.91 Å². The summed E-state index contributed by atoms with van der Waals surface area (Å²) >= 11 is 9.35. The zero-order valence-corrected chi connectivity index (χ0v) is 12.8. The van der Waals surface area contributed by atoms with Crippen LogP contribution in [0.3, 0.4) is 0 Å². The van der Waals surface area contributed by atoms with Gasteiger partial charge in [-0.15, -0.1) is 11.8 Å². The highest BCUT2D eigenvalue weighted by Crippen LogP contribution is 2.26. The second kappa shape index (κ2) is 5.66. The maximum absolute atomic E-state index is 12.3. The molecule has 1 N–H and O–H groups in total. The third-order valence-corrected chi connectivity index (χ3v) is 4.78. The molecule has 1 saturated heterocycles. The van der Waals surface area contributed by atoms with Crippen molar-refractivity contribution in [1.82, 2.24) is 4.90 Å². The van der Waals surface area contributed by atoms with Crippen molar-refractivity contribution in [2.24, 2.45) is 0 Å². The average molecular weight is 398 g/mol. The number of hydrogen-bond acceptors (Lipinski definition) is 3. The van der Waals surface area contributed by atoms with Gasteiger partial charge in [0.05, 0.1) is 11.4 Å². The molecule has 0 radical (unpaired) electrons. The van der Waals surface area contributed by atoms with E-state index in [2.05, 4.69) is 0 Å². The molecule has 1 atom stereocenters. The molecule has 1 aliphatic rings. The minimum Gasteiger partial charge on any atom is -0.480 e. The normalized spacial score (nSPS) is 19.0. The van der Waals surface area contributed by atoms with Crippen molar-refractivity contribution in [3.05, 3.63) is 32.4 Å². The number of amides is 1. The second-order valence-electron chi connectivity index (χ2n) is 3.75. The predicted molar refractivity (Wildman–Crippen MR) is 79.1 cm³/mol. The van der Waals surface area contributed by atoms with Crippen LogP contribution in [0.2, 0.25) is 5.02 Å². The third-order valence-electron chi connectivity index (χ3n) is 2.59. The Hall–Kier alpha value is -0.470. The largest absolute Gasteiger partial charge is 0.480 e. The summed E-state index contributed by atoms with van der Waals surface area (Å²) in [6, 6.07) is 4.27. The molecule has 1 heterocycles. The van der Waals surface area contributed by atoms with Gasteiger partial charge in [0, 0.05) is 14.3 Å². The maximum atomic E-state index is 12.3. The van der Waals surface area contributed by atoms with Gasteiger partial charge >= 0.3 is 5.97 Å². The molecule has 7 heteroatoms. The van der Waals surface area contributed by atoms with E-state index >= 15 is 0 Å². The van der Waals surface area contributed by atoms with Gasteiger partial charge in [-0.1, -0.05) is 11.6 Å². The first kappa shape index (κ1) is 14.0. The van der Waals surface area contributed by atoms with Gasteiger partial charge in [0.2, 0.25) is 0 Å². The Morgan fingerprint density at radius 1 is 1.50 bits per heavy atom. The van der Waals surface area contributed by atoms with Crippen LogP contribution in [-0.4, -0.2) is 39.6 Å². The Labute approximate surface area is 127 Å². The average Bonchev–Trinajstić information content (AvgIpc) is 2.80. The van der Waals surface area contributed by atoms with Crippen molar-refractivity contribution in [3.63, 3.8) is 0 Å². The van der Waals surface area contributed by atoms with E-state index in [4.69, 9.17) is 16.7 Å². The number of carbonyl (C=O) groups is 2. The van der Waals surface area contributed by atoms with Crippen molar-refractivity contribution in [1.29, 1.82) is 0 Å². The number of nitrogens with zero attached hydrogens (tertiary/aromatic N) is 1. The fourth-order valence-electron chi connectivity index (χ4n) is 1.66. The van der Waals surface area contributed by atoms with E-state index < -0.39 is 12.0 Å². The Kier molecular flexibility index (Phi) is 4.39. The Morgan fingerprint density at radius 3 is 2.89 bits per heavy atom. The van der Waals surface area contributed by atoms with Crippen LogP contribution in [0.25, 0.3) is 0 Å². The molecule has 1 fully saturated rings. The van der Waals surface area contributed by atoms with Gasteiger partial charge in [0.15, 0.2) is 0 Å². The molecule has 1 unspecified atom stereocenters. The van der Waals surface area contributed by atoms with Crippen molar-refractivity contribution in [2.45, 2.75) is 6.04 Å². The number of halogens is 2. The van der Waals surface area contributed by atoms with E-state index in [0.29, 0.717) is 22.2 Å². The van der Waals surface area contributed by atoms with E-state index in [1.165, 1.54) is 16.7 Å². The molecular weight excluding hydrogens is 389 g/mol. The van der Waals surface area contributed by atoms with Crippen molar-refractivity contribution in [2.75, 3.05) is 11.6 Å². The molecule has 0 aromatic heterocycles. The Bertz CT molecular complexity index is 511. The lowest BCUT2D eigenvalue weighted by molar-refractivity contribution is -0.140. The first-order valence-electron chi connectivity index (χ1n) is 5.07. The van der Waals surface area contributed by atoms with E-state index in [1.54, 1.807) is 18.2 Å². The second-order valence-corrected chi connectivity index (χ2v) is 6.35. The van der Waals surface area contributed by atoms with Gasteiger partial charge in [-0.05, 0) is 40.8 Å². The van der Waals surface area contributed by atoms with Gasteiger partial charge in [-0.2, -0.15) is 0 Å². The first-order chi connectivity index (χ1) is 8.50. The number of thioether (sulfide) groups is 1. The lowest BCUT2D eigenvalue weighted by Gasteiger charge is -2.21. The number of carboxylic acid groups (broad SMARTS) is 1. The summed E-state index contributed by atoms with van der Waals surface area (Å²) in [4.78, 5) is 24.8. The molecule has 0 spiro atoms. The molecule has 1 aliphatic heterocycles.